The molecule has 0 aromatic carbocycles. The average Bonchev–Trinajstić information content (AvgIpc) is 2.21. The number of hydrogen-bond donors (Lipinski definition) is 0. The first-order valence-electron chi connectivity index (χ1n) is 5.38. The third-order valence-electron chi connectivity index (χ3n) is 3.10. The molecular formula is C13H20O2. The molecule has 0 spiro atoms. The Morgan fingerprint density at radius 1 is 1.67 bits per heavy atom. The molecule has 2 atom stereocenters. The lowest BCUT2D eigenvalue weighted by Crippen LogP contribution is -2.46. The van der Waals surface area contributed by atoms with Gasteiger partial charge in [0, 0.05) is 12.7 Å². The molecule has 84 valence electrons. The van der Waals surface area contributed by atoms with E-state index in [1.54, 1.807) is 7.11 Å². The van der Waals surface area contributed by atoms with Gasteiger partial charge in [0.2, 0.25) is 0 Å². The summed E-state index contributed by atoms with van der Waals surface area (Å²) in [6.45, 7) is 9.78. The first-order valence-corrected chi connectivity index (χ1v) is 5.38. The number of methoxy groups -OCH3 is 1. The Morgan fingerprint density at radius 2 is 2.27 bits per heavy atom. The third-order valence-corrected chi connectivity index (χ3v) is 3.10. The summed E-state index contributed by atoms with van der Waals surface area (Å²) in [5.74, 6) is 0.455. The molecule has 15 heavy (non-hydrogen) atoms. The zero-order valence-corrected chi connectivity index (χ0v) is 10.1. The van der Waals surface area contributed by atoms with Crippen LogP contribution in [-0.2, 0) is 9.53 Å². The van der Waals surface area contributed by atoms with E-state index >= 15 is 0 Å². The van der Waals surface area contributed by atoms with E-state index in [4.69, 9.17) is 4.74 Å². The van der Waals surface area contributed by atoms with E-state index in [9.17, 15) is 4.79 Å². The van der Waals surface area contributed by atoms with Crippen molar-refractivity contribution in [3.8, 4) is 0 Å². The molecule has 0 saturated carbocycles. The summed E-state index contributed by atoms with van der Waals surface area (Å²) in [4.78, 5) is 11.8. The van der Waals surface area contributed by atoms with Crippen molar-refractivity contribution in [3.63, 3.8) is 0 Å². The summed E-state index contributed by atoms with van der Waals surface area (Å²) in [6.07, 6.45) is 3.92. The molecule has 1 unspecified atom stereocenters. The number of hydrogen-bond acceptors (Lipinski definition) is 2. The van der Waals surface area contributed by atoms with Crippen LogP contribution in [0.2, 0.25) is 0 Å². The summed E-state index contributed by atoms with van der Waals surface area (Å²) >= 11 is 0. The van der Waals surface area contributed by atoms with Crippen molar-refractivity contribution >= 4 is 5.78 Å². The van der Waals surface area contributed by atoms with E-state index in [-0.39, 0.29) is 5.78 Å². The van der Waals surface area contributed by atoms with Crippen LogP contribution in [0.4, 0.5) is 0 Å². The second kappa shape index (κ2) is 4.31. The second-order valence-corrected chi connectivity index (χ2v) is 4.64. The number of ketones is 1. The maximum atomic E-state index is 11.8. The number of rotatable bonds is 5. The smallest absolute Gasteiger partial charge is 0.194 e. The van der Waals surface area contributed by atoms with E-state index in [0.717, 1.165) is 18.4 Å². The fourth-order valence-electron chi connectivity index (χ4n) is 1.77. The van der Waals surface area contributed by atoms with Gasteiger partial charge in [-0.2, -0.15) is 0 Å². The fourth-order valence-corrected chi connectivity index (χ4v) is 1.77. The highest BCUT2D eigenvalue weighted by Crippen LogP contribution is 2.35. The highest BCUT2D eigenvalue weighted by Gasteiger charge is 2.43. The minimum Gasteiger partial charge on any atom is -0.366 e. The maximum absolute atomic E-state index is 11.8. The SMILES string of the molecule is C=C(C)CCC(C)C1=C[C@](C)(OC)C1=O. The number of Topliss-reactive ketones (excluding diaryl/α,β-unsaturated/α-hetero) is 1. The molecule has 1 aliphatic rings. The number of allylic oxidation sites excluding steroid dienone is 1. The maximum Gasteiger partial charge on any atom is 0.194 e. The standard InChI is InChI=1S/C13H20O2/c1-9(2)6-7-10(3)11-8-13(4,15-5)12(11)14/h8,10H,1,6-7H2,2-5H3/t10?,13-/m0/s1. The van der Waals surface area contributed by atoms with Crippen molar-refractivity contribution in [2.24, 2.45) is 5.92 Å². The monoisotopic (exact) mass is 208 g/mol. The molecule has 0 radical (unpaired) electrons. The van der Waals surface area contributed by atoms with Crippen molar-refractivity contribution in [1.82, 2.24) is 0 Å². The number of ether oxygens (including phenoxy) is 1. The van der Waals surface area contributed by atoms with Gasteiger partial charge in [0.05, 0.1) is 0 Å². The molecule has 1 rings (SSSR count). The van der Waals surface area contributed by atoms with E-state index < -0.39 is 5.60 Å². The normalized spacial score (nSPS) is 26.9. The Balaban J connectivity index is 2.57. The van der Waals surface area contributed by atoms with Gasteiger partial charge in [0.1, 0.15) is 5.60 Å². The quantitative estimate of drug-likeness (QED) is 0.649. The first-order chi connectivity index (χ1) is 6.90. The van der Waals surface area contributed by atoms with Gasteiger partial charge in [0.15, 0.2) is 5.78 Å². The highest BCUT2D eigenvalue weighted by molar-refractivity contribution is 6.10. The lowest BCUT2D eigenvalue weighted by atomic mass is 9.74. The van der Waals surface area contributed by atoms with Crippen LogP contribution in [0.1, 0.15) is 33.6 Å². The Kier molecular flexibility index (Phi) is 3.50. The van der Waals surface area contributed by atoms with E-state index in [2.05, 4.69) is 13.5 Å². The van der Waals surface area contributed by atoms with Crippen molar-refractivity contribution in [3.05, 3.63) is 23.8 Å². The lowest BCUT2D eigenvalue weighted by Gasteiger charge is -2.35. The Morgan fingerprint density at radius 3 is 2.67 bits per heavy atom. The zero-order chi connectivity index (χ0) is 11.6. The van der Waals surface area contributed by atoms with Crippen LogP contribution in [0.15, 0.2) is 23.8 Å². The van der Waals surface area contributed by atoms with Gasteiger partial charge in [0.25, 0.3) is 0 Å². The molecule has 1 aliphatic carbocycles. The van der Waals surface area contributed by atoms with E-state index in [1.807, 2.05) is 19.9 Å². The summed E-state index contributed by atoms with van der Waals surface area (Å²) in [5.41, 5.74) is 1.43. The van der Waals surface area contributed by atoms with Crippen LogP contribution < -0.4 is 0 Å². The van der Waals surface area contributed by atoms with E-state index in [0.29, 0.717) is 5.92 Å². The third kappa shape index (κ3) is 2.37. The van der Waals surface area contributed by atoms with Crippen LogP contribution >= 0.6 is 0 Å². The van der Waals surface area contributed by atoms with Crippen molar-refractivity contribution in [2.75, 3.05) is 7.11 Å². The molecule has 0 aromatic heterocycles. The van der Waals surface area contributed by atoms with Crippen molar-refractivity contribution < 1.29 is 9.53 Å². The fraction of sp³-hybridized carbons (Fsp3) is 0.615. The lowest BCUT2D eigenvalue weighted by molar-refractivity contribution is -0.134. The Bertz CT molecular complexity index is 314. The molecule has 0 N–H and O–H groups in total. The molecular weight excluding hydrogens is 188 g/mol. The average molecular weight is 208 g/mol. The molecule has 2 nitrogen and oxygen atoms in total. The summed E-state index contributed by atoms with van der Waals surface area (Å²) in [7, 11) is 1.57. The molecule has 0 fully saturated rings. The summed E-state index contributed by atoms with van der Waals surface area (Å²) in [5, 5.41) is 0. The van der Waals surface area contributed by atoms with Crippen LogP contribution in [0, 0.1) is 5.92 Å². The molecule has 0 amide bonds. The Hall–Kier alpha value is -0.890. The van der Waals surface area contributed by atoms with Gasteiger partial charge >= 0.3 is 0 Å². The van der Waals surface area contributed by atoms with Gasteiger partial charge in [-0.3, -0.25) is 4.79 Å². The van der Waals surface area contributed by atoms with Gasteiger partial charge in [-0.25, -0.2) is 0 Å². The molecule has 0 aliphatic heterocycles. The molecule has 0 aromatic rings. The molecule has 0 heterocycles. The topological polar surface area (TPSA) is 26.3 Å². The van der Waals surface area contributed by atoms with Gasteiger partial charge in [-0.15, -0.1) is 6.58 Å². The van der Waals surface area contributed by atoms with Gasteiger partial charge in [-0.05, 0) is 38.7 Å². The highest BCUT2D eigenvalue weighted by atomic mass is 16.5. The van der Waals surface area contributed by atoms with Crippen LogP contribution in [0.3, 0.4) is 0 Å². The predicted octanol–water partition coefficient (Wildman–Crippen LogP) is 2.89. The first kappa shape index (κ1) is 12.2. The molecule has 2 heteroatoms. The second-order valence-electron chi connectivity index (χ2n) is 4.64. The van der Waals surface area contributed by atoms with Crippen LogP contribution in [-0.4, -0.2) is 18.5 Å². The zero-order valence-electron chi connectivity index (χ0n) is 10.1. The van der Waals surface area contributed by atoms with Crippen LogP contribution in [0.5, 0.6) is 0 Å². The van der Waals surface area contributed by atoms with Gasteiger partial charge < -0.3 is 4.74 Å². The minimum absolute atomic E-state index is 0.138. The van der Waals surface area contributed by atoms with Crippen molar-refractivity contribution in [2.45, 2.75) is 39.2 Å². The summed E-state index contributed by atoms with van der Waals surface area (Å²) in [6, 6.07) is 0. The Labute approximate surface area is 92.0 Å². The molecule has 0 saturated heterocycles. The van der Waals surface area contributed by atoms with Crippen LogP contribution in [0.25, 0.3) is 0 Å². The molecule has 0 bridgehead atoms. The number of carbonyl (C=O) groups excluding carboxylic acids is 1. The van der Waals surface area contributed by atoms with Gasteiger partial charge in [-0.1, -0.05) is 12.5 Å². The summed E-state index contributed by atoms with van der Waals surface area (Å²) < 4.78 is 5.15. The largest absolute Gasteiger partial charge is 0.366 e. The van der Waals surface area contributed by atoms with Crippen molar-refractivity contribution in [1.29, 1.82) is 0 Å². The van der Waals surface area contributed by atoms with E-state index in [1.165, 1.54) is 5.57 Å². The predicted molar refractivity (Wildman–Crippen MR) is 61.7 cm³/mol. The minimum atomic E-state index is -0.660. The number of carbonyl (C=O) groups is 1.